The van der Waals surface area contributed by atoms with E-state index in [0.717, 1.165) is 30.9 Å². The first-order valence-corrected chi connectivity index (χ1v) is 8.43. The van der Waals surface area contributed by atoms with Crippen molar-refractivity contribution < 1.29 is 4.79 Å². The summed E-state index contributed by atoms with van der Waals surface area (Å²) in [6.45, 7) is 4.12. The van der Waals surface area contributed by atoms with E-state index in [2.05, 4.69) is 14.5 Å². The van der Waals surface area contributed by atoms with E-state index in [1.165, 1.54) is 11.5 Å². The fourth-order valence-corrected chi connectivity index (χ4v) is 3.41. The maximum Gasteiger partial charge on any atom is 0.244 e. The lowest BCUT2D eigenvalue weighted by atomic mass is 10.2. The van der Waals surface area contributed by atoms with Crippen molar-refractivity contribution in [1.82, 2.24) is 14.5 Å². The van der Waals surface area contributed by atoms with Gasteiger partial charge in [0.15, 0.2) is 0 Å². The standard InChI is InChI=1S/C15H17ClN4OS/c1-2-19(10-12-14(16)22-18-17-12)13-8-9-20(15(13)21)11-6-4-3-5-7-11/h3-7,13H,2,8-10H2,1H3/t13-/m1/s1. The number of hydrogen-bond donors (Lipinski definition) is 0. The number of anilines is 1. The van der Waals surface area contributed by atoms with E-state index in [9.17, 15) is 4.79 Å². The number of carbonyl (C=O) groups excluding carboxylic acids is 1. The van der Waals surface area contributed by atoms with E-state index in [-0.39, 0.29) is 11.9 Å². The van der Waals surface area contributed by atoms with Gasteiger partial charge >= 0.3 is 0 Å². The van der Waals surface area contributed by atoms with Crippen molar-refractivity contribution in [2.24, 2.45) is 0 Å². The van der Waals surface area contributed by atoms with Crippen LogP contribution in [0.2, 0.25) is 4.34 Å². The van der Waals surface area contributed by atoms with E-state index in [0.29, 0.717) is 10.9 Å². The Morgan fingerprint density at radius 1 is 1.41 bits per heavy atom. The third kappa shape index (κ3) is 2.99. The van der Waals surface area contributed by atoms with Crippen LogP contribution in [0.5, 0.6) is 0 Å². The summed E-state index contributed by atoms with van der Waals surface area (Å²) in [6, 6.07) is 9.68. The Labute approximate surface area is 138 Å². The number of para-hydroxylation sites is 1. The topological polar surface area (TPSA) is 49.3 Å². The van der Waals surface area contributed by atoms with Gasteiger partial charge in [0.25, 0.3) is 0 Å². The van der Waals surface area contributed by atoms with Crippen LogP contribution in [0.1, 0.15) is 19.0 Å². The van der Waals surface area contributed by atoms with Crippen molar-refractivity contribution in [3.05, 3.63) is 40.4 Å². The third-order valence-electron chi connectivity index (χ3n) is 3.95. The molecule has 2 heterocycles. The summed E-state index contributed by atoms with van der Waals surface area (Å²) in [6.07, 6.45) is 0.816. The monoisotopic (exact) mass is 336 g/mol. The molecule has 7 heteroatoms. The summed E-state index contributed by atoms with van der Waals surface area (Å²) in [5.41, 5.74) is 1.71. The molecule has 0 spiro atoms. The Kier molecular flexibility index (Phi) is 4.71. The normalized spacial score (nSPS) is 18.4. The molecule has 3 rings (SSSR count). The van der Waals surface area contributed by atoms with Gasteiger partial charge in [-0.05, 0) is 25.1 Å². The van der Waals surface area contributed by atoms with Crippen LogP contribution in [-0.2, 0) is 11.3 Å². The van der Waals surface area contributed by atoms with Crippen LogP contribution in [0.3, 0.4) is 0 Å². The molecule has 1 aliphatic rings. The molecular weight excluding hydrogens is 320 g/mol. The van der Waals surface area contributed by atoms with Crippen molar-refractivity contribution in [1.29, 1.82) is 0 Å². The maximum atomic E-state index is 12.7. The number of benzene rings is 1. The lowest BCUT2D eigenvalue weighted by molar-refractivity contribution is -0.121. The summed E-state index contributed by atoms with van der Waals surface area (Å²) < 4.78 is 4.46. The number of rotatable bonds is 5. The van der Waals surface area contributed by atoms with Crippen molar-refractivity contribution in [3.8, 4) is 0 Å². The van der Waals surface area contributed by atoms with E-state index >= 15 is 0 Å². The minimum absolute atomic E-state index is 0.122. The number of likely N-dealkylation sites (N-methyl/N-ethyl adjacent to an activating group) is 1. The maximum absolute atomic E-state index is 12.7. The van der Waals surface area contributed by atoms with Crippen molar-refractivity contribution >= 4 is 34.7 Å². The molecule has 1 amide bonds. The van der Waals surface area contributed by atoms with Gasteiger partial charge in [-0.1, -0.05) is 41.2 Å². The molecule has 0 unspecified atom stereocenters. The summed E-state index contributed by atoms with van der Waals surface area (Å²) in [5.74, 6) is 0.146. The highest BCUT2D eigenvalue weighted by Crippen LogP contribution is 2.26. The largest absolute Gasteiger partial charge is 0.311 e. The SMILES string of the molecule is CCN(Cc1nnsc1Cl)[C@@H]1CCN(c2ccccc2)C1=O. The Morgan fingerprint density at radius 2 is 2.18 bits per heavy atom. The fourth-order valence-electron chi connectivity index (χ4n) is 2.79. The van der Waals surface area contributed by atoms with Crippen LogP contribution < -0.4 is 4.90 Å². The minimum Gasteiger partial charge on any atom is -0.311 e. The summed E-state index contributed by atoms with van der Waals surface area (Å²) in [5, 5.41) is 4.05. The average Bonchev–Trinajstić information content (AvgIpc) is 3.12. The molecule has 1 aromatic carbocycles. The first-order chi connectivity index (χ1) is 10.7. The molecule has 5 nitrogen and oxygen atoms in total. The van der Waals surface area contributed by atoms with Gasteiger partial charge in [-0.15, -0.1) is 5.10 Å². The summed E-state index contributed by atoms with van der Waals surface area (Å²) >= 11 is 7.26. The number of carbonyl (C=O) groups is 1. The quantitative estimate of drug-likeness (QED) is 0.842. The molecule has 2 aromatic rings. The molecule has 0 bridgehead atoms. The molecule has 0 aliphatic carbocycles. The van der Waals surface area contributed by atoms with Gasteiger partial charge in [0, 0.05) is 30.3 Å². The highest BCUT2D eigenvalue weighted by molar-refractivity contribution is 7.10. The van der Waals surface area contributed by atoms with Crippen LogP contribution in [-0.4, -0.2) is 39.5 Å². The molecule has 22 heavy (non-hydrogen) atoms. The predicted octanol–water partition coefficient (Wildman–Crippen LogP) is 2.82. The Balaban J connectivity index is 1.74. The van der Waals surface area contributed by atoms with Gasteiger partial charge in [-0.3, -0.25) is 9.69 Å². The third-order valence-corrected chi connectivity index (χ3v) is 4.94. The number of halogens is 1. The second-order valence-corrected chi connectivity index (χ2v) is 6.54. The van der Waals surface area contributed by atoms with E-state index in [4.69, 9.17) is 11.6 Å². The molecule has 1 aliphatic heterocycles. The second-order valence-electron chi connectivity index (χ2n) is 5.19. The van der Waals surface area contributed by atoms with Crippen LogP contribution in [0, 0.1) is 0 Å². The Morgan fingerprint density at radius 3 is 2.82 bits per heavy atom. The summed E-state index contributed by atoms with van der Waals surface area (Å²) in [7, 11) is 0. The van der Waals surface area contributed by atoms with Crippen molar-refractivity contribution in [2.75, 3.05) is 18.0 Å². The molecule has 0 N–H and O–H groups in total. The summed E-state index contributed by atoms with van der Waals surface area (Å²) in [4.78, 5) is 16.7. The Hall–Kier alpha value is -1.50. The molecule has 1 fully saturated rings. The average molecular weight is 337 g/mol. The van der Waals surface area contributed by atoms with Gasteiger partial charge in [-0.2, -0.15) is 0 Å². The first kappa shape index (κ1) is 15.4. The van der Waals surface area contributed by atoms with Crippen LogP contribution in [0.15, 0.2) is 30.3 Å². The number of hydrogen-bond acceptors (Lipinski definition) is 5. The zero-order chi connectivity index (χ0) is 15.5. The van der Waals surface area contributed by atoms with Crippen molar-refractivity contribution in [3.63, 3.8) is 0 Å². The second kappa shape index (κ2) is 6.73. The van der Waals surface area contributed by atoms with Gasteiger partial charge in [0.2, 0.25) is 5.91 Å². The highest BCUT2D eigenvalue weighted by atomic mass is 35.5. The van der Waals surface area contributed by atoms with Crippen LogP contribution in [0.25, 0.3) is 0 Å². The molecule has 116 valence electrons. The van der Waals surface area contributed by atoms with Crippen molar-refractivity contribution in [2.45, 2.75) is 25.9 Å². The van der Waals surface area contributed by atoms with E-state index < -0.39 is 0 Å². The number of amides is 1. The molecular formula is C15H17ClN4OS. The van der Waals surface area contributed by atoms with Gasteiger partial charge in [-0.25, -0.2) is 0 Å². The fraction of sp³-hybridized carbons (Fsp3) is 0.400. The molecule has 1 aromatic heterocycles. The van der Waals surface area contributed by atoms with Gasteiger partial charge in [0.1, 0.15) is 10.0 Å². The highest BCUT2D eigenvalue weighted by Gasteiger charge is 2.36. The van der Waals surface area contributed by atoms with Gasteiger partial charge < -0.3 is 4.90 Å². The smallest absolute Gasteiger partial charge is 0.244 e. The minimum atomic E-state index is -0.122. The molecule has 1 atom stereocenters. The van der Waals surface area contributed by atoms with Gasteiger partial charge in [0.05, 0.1) is 6.04 Å². The van der Waals surface area contributed by atoms with Crippen LogP contribution in [0.4, 0.5) is 5.69 Å². The first-order valence-electron chi connectivity index (χ1n) is 7.28. The number of aromatic nitrogens is 2. The van der Waals surface area contributed by atoms with Crippen LogP contribution >= 0.6 is 23.1 Å². The lowest BCUT2D eigenvalue weighted by Gasteiger charge is -2.25. The molecule has 0 radical (unpaired) electrons. The van der Waals surface area contributed by atoms with E-state index in [1.807, 2.05) is 42.2 Å². The van der Waals surface area contributed by atoms with E-state index in [1.54, 1.807) is 0 Å². The molecule has 1 saturated heterocycles. The zero-order valence-corrected chi connectivity index (χ0v) is 13.8. The number of nitrogens with zero attached hydrogens (tertiary/aromatic N) is 4. The zero-order valence-electron chi connectivity index (χ0n) is 12.3. The Bertz CT molecular complexity index is 648. The lowest BCUT2D eigenvalue weighted by Crippen LogP contribution is -2.41. The molecule has 0 saturated carbocycles. The predicted molar refractivity (Wildman–Crippen MR) is 88.2 cm³/mol.